The summed E-state index contributed by atoms with van der Waals surface area (Å²) >= 11 is 0. The highest BCUT2D eigenvalue weighted by molar-refractivity contribution is 8.13. The maximum atomic E-state index is 11.4. The summed E-state index contributed by atoms with van der Waals surface area (Å²) in [6, 6.07) is 3.60. The minimum Gasteiger partial charge on any atom is -0.496 e. The molecule has 0 amide bonds. The Morgan fingerprint density at radius 1 is 1.28 bits per heavy atom. The maximum absolute atomic E-state index is 11.4. The normalized spacial score (nSPS) is 14.2. The average molecular weight is 314 g/mol. The summed E-state index contributed by atoms with van der Waals surface area (Å²) in [5.74, 6) is 0.178. The molecule has 1 rings (SSSR count). The Morgan fingerprint density at radius 2 is 1.83 bits per heavy atom. The van der Waals surface area contributed by atoms with Crippen molar-refractivity contribution in [3.8, 4) is 5.75 Å². The number of hydrogen-bond donors (Lipinski definition) is 1. The van der Waals surface area contributed by atoms with Crippen molar-refractivity contribution < 1.29 is 21.6 Å². The number of methoxy groups -OCH3 is 1. The van der Waals surface area contributed by atoms with Gasteiger partial charge in [-0.05, 0) is 18.2 Å². The molecule has 0 fully saturated rings. The van der Waals surface area contributed by atoms with Crippen molar-refractivity contribution in [1.29, 1.82) is 0 Å². The van der Waals surface area contributed by atoms with Gasteiger partial charge in [0.05, 0.1) is 12.0 Å². The van der Waals surface area contributed by atoms with E-state index in [1.807, 2.05) is 0 Å². The Kier molecular flexibility index (Phi) is 4.26. The Labute approximate surface area is 110 Å². The fourth-order valence-corrected chi connectivity index (χ4v) is 2.75. The van der Waals surface area contributed by atoms with E-state index in [1.165, 1.54) is 19.2 Å². The highest BCUT2D eigenvalue weighted by atomic mass is 35.7. The van der Waals surface area contributed by atoms with Crippen molar-refractivity contribution in [2.75, 3.05) is 13.4 Å². The lowest BCUT2D eigenvalue weighted by Gasteiger charge is -2.14. The van der Waals surface area contributed by atoms with E-state index < -0.39 is 24.3 Å². The number of benzene rings is 1. The van der Waals surface area contributed by atoms with Crippen molar-refractivity contribution in [3.63, 3.8) is 0 Å². The van der Waals surface area contributed by atoms with Crippen LogP contribution in [0.3, 0.4) is 0 Å². The Hall–Kier alpha value is -0.830. The van der Waals surface area contributed by atoms with E-state index in [0.717, 1.165) is 12.3 Å². The van der Waals surface area contributed by atoms with Crippen molar-refractivity contribution in [1.82, 2.24) is 0 Å². The molecule has 0 aliphatic heterocycles. The van der Waals surface area contributed by atoms with Crippen LogP contribution in [0.4, 0.5) is 0 Å². The van der Waals surface area contributed by atoms with Crippen LogP contribution in [0.15, 0.2) is 23.1 Å². The van der Waals surface area contributed by atoms with E-state index in [2.05, 4.69) is 0 Å². The maximum Gasteiger partial charge on any atom is 0.261 e. The molecular weight excluding hydrogens is 302 g/mol. The zero-order chi connectivity index (χ0) is 14.1. The molecule has 102 valence electrons. The van der Waals surface area contributed by atoms with Crippen LogP contribution < -0.4 is 10.5 Å². The van der Waals surface area contributed by atoms with Gasteiger partial charge in [-0.15, -0.1) is 0 Å². The minimum absolute atomic E-state index is 0.0433. The lowest BCUT2D eigenvalue weighted by atomic mass is 10.2. The quantitative estimate of drug-likeness (QED) is 0.817. The number of halogens is 1. The van der Waals surface area contributed by atoms with Gasteiger partial charge in [0.25, 0.3) is 9.05 Å². The van der Waals surface area contributed by atoms with Gasteiger partial charge in [-0.3, -0.25) is 0 Å². The third-order valence-electron chi connectivity index (χ3n) is 2.25. The van der Waals surface area contributed by atoms with Gasteiger partial charge in [-0.1, -0.05) is 0 Å². The SMILES string of the molecule is COc1ccc(S(=O)(=O)Cl)cc1C(N)S(C)(=O)=O. The van der Waals surface area contributed by atoms with Gasteiger partial charge in [0.2, 0.25) is 0 Å². The van der Waals surface area contributed by atoms with E-state index in [-0.39, 0.29) is 16.2 Å². The second kappa shape index (κ2) is 5.04. The summed E-state index contributed by atoms with van der Waals surface area (Å²) in [7, 11) is -1.05. The molecule has 1 unspecified atom stereocenters. The molecule has 0 saturated carbocycles. The molecule has 2 N–H and O–H groups in total. The van der Waals surface area contributed by atoms with E-state index in [1.54, 1.807) is 0 Å². The number of rotatable bonds is 4. The van der Waals surface area contributed by atoms with Gasteiger partial charge in [0.15, 0.2) is 9.84 Å². The molecule has 1 aromatic carbocycles. The first-order valence-corrected chi connectivity index (χ1v) is 8.91. The van der Waals surface area contributed by atoms with Crippen LogP contribution in [-0.2, 0) is 18.9 Å². The van der Waals surface area contributed by atoms with E-state index in [0.29, 0.717) is 0 Å². The number of nitrogens with two attached hydrogens (primary N) is 1. The first kappa shape index (κ1) is 15.2. The van der Waals surface area contributed by atoms with Crippen molar-refractivity contribution >= 4 is 29.6 Å². The molecule has 1 atom stereocenters. The molecule has 0 aliphatic carbocycles. The second-order valence-electron chi connectivity index (χ2n) is 3.59. The second-order valence-corrected chi connectivity index (χ2v) is 8.32. The van der Waals surface area contributed by atoms with Crippen LogP contribution in [-0.4, -0.2) is 30.2 Å². The minimum atomic E-state index is -3.96. The zero-order valence-corrected chi connectivity index (χ0v) is 12.0. The highest BCUT2D eigenvalue weighted by Gasteiger charge is 2.24. The summed E-state index contributed by atoms with van der Waals surface area (Å²) in [4.78, 5) is -0.237. The van der Waals surface area contributed by atoms with Crippen molar-refractivity contribution in [2.45, 2.75) is 10.3 Å². The van der Waals surface area contributed by atoms with E-state index >= 15 is 0 Å². The topological polar surface area (TPSA) is 104 Å². The molecule has 0 radical (unpaired) electrons. The molecule has 0 aromatic heterocycles. The summed E-state index contributed by atoms with van der Waals surface area (Å²) in [5.41, 5.74) is 5.60. The molecule has 0 saturated heterocycles. The molecule has 18 heavy (non-hydrogen) atoms. The summed E-state index contributed by atoms with van der Waals surface area (Å²) in [5, 5.41) is -1.38. The molecule has 1 aromatic rings. The van der Waals surface area contributed by atoms with Crippen LogP contribution in [0.5, 0.6) is 5.75 Å². The third kappa shape index (κ3) is 3.35. The Morgan fingerprint density at radius 3 is 2.22 bits per heavy atom. The fourth-order valence-electron chi connectivity index (χ4n) is 1.32. The van der Waals surface area contributed by atoms with Gasteiger partial charge >= 0.3 is 0 Å². The number of hydrogen-bond acceptors (Lipinski definition) is 6. The van der Waals surface area contributed by atoms with E-state index in [9.17, 15) is 16.8 Å². The monoisotopic (exact) mass is 313 g/mol. The van der Waals surface area contributed by atoms with Crippen molar-refractivity contribution in [3.05, 3.63) is 23.8 Å². The molecular formula is C9H12ClNO5S2. The number of ether oxygens (including phenoxy) is 1. The average Bonchev–Trinajstić information content (AvgIpc) is 2.24. The van der Waals surface area contributed by atoms with E-state index in [4.69, 9.17) is 21.2 Å². The predicted molar refractivity (Wildman–Crippen MR) is 67.8 cm³/mol. The smallest absolute Gasteiger partial charge is 0.261 e. The van der Waals surface area contributed by atoms with Crippen molar-refractivity contribution in [2.24, 2.45) is 5.73 Å². The molecule has 6 nitrogen and oxygen atoms in total. The summed E-state index contributed by atoms with van der Waals surface area (Å²) in [6.07, 6.45) is 0.943. The largest absolute Gasteiger partial charge is 0.496 e. The first-order chi connectivity index (χ1) is 8.07. The molecule has 0 heterocycles. The van der Waals surface area contributed by atoms with Gasteiger partial charge in [-0.25, -0.2) is 16.8 Å². The van der Waals surface area contributed by atoms with Crippen LogP contribution in [0.2, 0.25) is 0 Å². The Balaban J connectivity index is 3.50. The van der Waals surface area contributed by atoms with Gasteiger partial charge in [-0.2, -0.15) is 0 Å². The molecule has 0 aliphatic rings. The van der Waals surface area contributed by atoms with Gasteiger partial charge in [0.1, 0.15) is 11.1 Å². The first-order valence-electron chi connectivity index (χ1n) is 4.64. The third-order valence-corrected chi connectivity index (χ3v) is 4.78. The van der Waals surface area contributed by atoms with Gasteiger partial charge in [0, 0.05) is 22.5 Å². The lowest BCUT2D eigenvalue weighted by Crippen LogP contribution is -2.21. The Bertz CT molecular complexity index is 654. The molecule has 9 heteroatoms. The van der Waals surface area contributed by atoms with Crippen LogP contribution in [0.1, 0.15) is 10.9 Å². The highest BCUT2D eigenvalue weighted by Crippen LogP contribution is 2.30. The van der Waals surface area contributed by atoms with Crippen LogP contribution in [0.25, 0.3) is 0 Å². The summed E-state index contributed by atoms with van der Waals surface area (Å²) < 4.78 is 50.1. The fraction of sp³-hybridized carbons (Fsp3) is 0.333. The predicted octanol–water partition coefficient (Wildman–Crippen LogP) is 0.625. The lowest BCUT2D eigenvalue weighted by molar-refractivity contribution is 0.408. The summed E-state index contributed by atoms with van der Waals surface area (Å²) in [6.45, 7) is 0. The zero-order valence-electron chi connectivity index (χ0n) is 9.62. The van der Waals surface area contributed by atoms with Crippen LogP contribution in [0, 0.1) is 0 Å². The number of sulfone groups is 1. The molecule has 0 spiro atoms. The van der Waals surface area contributed by atoms with Gasteiger partial charge < -0.3 is 10.5 Å². The molecule has 0 bridgehead atoms. The standard InChI is InChI=1S/C9H12ClNO5S2/c1-16-8-4-3-6(18(10,14)15)5-7(8)9(11)17(2,12)13/h3-5,9H,11H2,1-2H3. The van der Waals surface area contributed by atoms with Crippen LogP contribution >= 0.6 is 10.7 Å².